The van der Waals surface area contributed by atoms with E-state index in [0.29, 0.717) is 0 Å². The van der Waals surface area contributed by atoms with Crippen LogP contribution in [-0.2, 0) is 4.79 Å². The van der Waals surface area contributed by atoms with Crippen molar-refractivity contribution in [2.75, 3.05) is 5.32 Å². The van der Waals surface area contributed by atoms with Crippen LogP contribution in [0.15, 0.2) is 42.5 Å². The van der Waals surface area contributed by atoms with Crippen molar-refractivity contribution in [3.63, 3.8) is 0 Å². The molecule has 0 bridgehead atoms. The fraction of sp³-hybridized carbons (Fsp3) is 0. The highest BCUT2D eigenvalue weighted by Crippen LogP contribution is 2.21. The highest BCUT2D eigenvalue weighted by atomic mass is 35.5. The summed E-state index contributed by atoms with van der Waals surface area (Å²) < 4.78 is 27.0. The van der Waals surface area contributed by atoms with Gasteiger partial charge in [0.15, 0.2) is 0 Å². The van der Waals surface area contributed by atoms with Crippen LogP contribution >= 0.6 is 23.2 Å². The Morgan fingerprint density at radius 2 is 1.86 bits per heavy atom. The number of hydrogen-bond donors (Lipinski definition) is 1. The summed E-state index contributed by atoms with van der Waals surface area (Å²) in [5.74, 6) is -1.83. The quantitative estimate of drug-likeness (QED) is 0.796. The molecule has 0 aliphatic carbocycles. The molecule has 6 heteroatoms. The van der Waals surface area contributed by atoms with Gasteiger partial charge in [0.1, 0.15) is 11.6 Å². The van der Waals surface area contributed by atoms with Gasteiger partial charge in [-0.25, -0.2) is 8.78 Å². The van der Waals surface area contributed by atoms with E-state index in [4.69, 9.17) is 23.2 Å². The summed E-state index contributed by atoms with van der Waals surface area (Å²) in [6, 6.07) is 8.04. The number of hydrogen-bond acceptors (Lipinski definition) is 1. The second-order valence-electron chi connectivity index (χ2n) is 4.08. The van der Waals surface area contributed by atoms with E-state index in [2.05, 4.69) is 5.32 Å². The summed E-state index contributed by atoms with van der Waals surface area (Å²) in [7, 11) is 0. The SMILES string of the molecule is O=C(/C=C/c1c(F)cccc1Cl)Nc1ccc(Cl)cc1F. The lowest BCUT2D eigenvalue weighted by Gasteiger charge is -2.04. The van der Waals surface area contributed by atoms with Crippen LogP contribution in [0.5, 0.6) is 0 Å². The van der Waals surface area contributed by atoms with Gasteiger partial charge in [0.2, 0.25) is 5.91 Å². The van der Waals surface area contributed by atoms with Crippen molar-refractivity contribution in [2.24, 2.45) is 0 Å². The molecule has 0 aromatic heterocycles. The van der Waals surface area contributed by atoms with E-state index in [0.717, 1.165) is 12.1 Å². The predicted octanol–water partition coefficient (Wildman–Crippen LogP) is 4.92. The largest absolute Gasteiger partial charge is 0.320 e. The lowest BCUT2D eigenvalue weighted by molar-refractivity contribution is -0.111. The molecule has 0 aliphatic rings. The summed E-state index contributed by atoms with van der Waals surface area (Å²) in [5.41, 5.74) is 0.0691. The normalized spacial score (nSPS) is 10.9. The van der Waals surface area contributed by atoms with Gasteiger partial charge in [0.25, 0.3) is 0 Å². The number of nitrogens with one attached hydrogen (secondary N) is 1. The maximum absolute atomic E-state index is 13.5. The Labute approximate surface area is 130 Å². The Bertz CT molecular complexity index is 697. The van der Waals surface area contributed by atoms with Crippen molar-refractivity contribution in [3.05, 3.63) is 69.7 Å². The van der Waals surface area contributed by atoms with Gasteiger partial charge in [-0.15, -0.1) is 0 Å². The minimum absolute atomic E-state index is 0.0197. The molecule has 0 heterocycles. The van der Waals surface area contributed by atoms with Crippen molar-refractivity contribution in [1.82, 2.24) is 0 Å². The smallest absolute Gasteiger partial charge is 0.248 e. The molecule has 0 atom stereocenters. The summed E-state index contributed by atoms with van der Waals surface area (Å²) in [6.07, 6.45) is 2.29. The minimum atomic E-state index is -0.659. The number of carbonyl (C=O) groups excluding carboxylic acids is 1. The number of rotatable bonds is 3. The van der Waals surface area contributed by atoms with Crippen LogP contribution in [0.1, 0.15) is 5.56 Å². The Morgan fingerprint density at radius 3 is 2.52 bits per heavy atom. The first-order chi connectivity index (χ1) is 9.97. The zero-order valence-corrected chi connectivity index (χ0v) is 12.1. The average molecular weight is 328 g/mol. The van der Waals surface area contributed by atoms with Crippen molar-refractivity contribution in [2.45, 2.75) is 0 Å². The summed E-state index contributed by atoms with van der Waals surface area (Å²) in [6.45, 7) is 0. The first-order valence-electron chi connectivity index (χ1n) is 5.85. The molecule has 0 spiro atoms. The topological polar surface area (TPSA) is 29.1 Å². The van der Waals surface area contributed by atoms with Crippen molar-refractivity contribution >= 4 is 40.9 Å². The zero-order chi connectivity index (χ0) is 15.4. The monoisotopic (exact) mass is 327 g/mol. The van der Waals surface area contributed by atoms with E-state index in [1.165, 1.54) is 36.4 Å². The number of benzene rings is 2. The van der Waals surface area contributed by atoms with E-state index in [-0.39, 0.29) is 21.3 Å². The molecule has 0 unspecified atom stereocenters. The molecule has 1 N–H and O–H groups in total. The van der Waals surface area contributed by atoms with Gasteiger partial charge in [-0.3, -0.25) is 4.79 Å². The Kier molecular flexibility index (Phi) is 4.94. The molecular formula is C15H9Cl2F2NO. The van der Waals surface area contributed by atoms with Crippen LogP contribution in [-0.4, -0.2) is 5.91 Å². The highest BCUT2D eigenvalue weighted by molar-refractivity contribution is 6.32. The third-order valence-corrected chi connectivity index (χ3v) is 3.15. The lowest BCUT2D eigenvalue weighted by Crippen LogP contribution is -2.09. The average Bonchev–Trinajstić information content (AvgIpc) is 2.41. The third kappa shape index (κ3) is 4.03. The number of amides is 1. The Hall–Kier alpha value is -1.91. The van der Waals surface area contributed by atoms with Gasteiger partial charge in [0, 0.05) is 16.7 Å². The molecule has 2 nitrogen and oxygen atoms in total. The molecule has 0 fully saturated rings. The van der Waals surface area contributed by atoms with Crippen LogP contribution in [0.3, 0.4) is 0 Å². The fourth-order valence-electron chi connectivity index (χ4n) is 1.59. The van der Waals surface area contributed by atoms with Crippen LogP contribution in [0.25, 0.3) is 6.08 Å². The summed E-state index contributed by atoms with van der Waals surface area (Å²) in [5, 5.41) is 2.72. The first kappa shape index (κ1) is 15.5. The third-order valence-electron chi connectivity index (χ3n) is 2.59. The van der Waals surface area contributed by atoms with E-state index < -0.39 is 17.5 Å². The van der Waals surface area contributed by atoms with Crippen molar-refractivity contribution in [3.8, 4) is 0 Å². The first-order valence-corrected chi connectivity index (χ1v) is 6.61. The van der Waals surface area contributed by atoms with Gasteiger partial charge in [0.05, 0.1) is 10.7 Å². The van der Waals surface area contributed by atoms with E-state index in [9.17, 15) is 13.6 Å². The number of halogens is 4. The summed E-state index contributed by atoms with van der Waals surface area (Å²) >= 11 is 11.4. The highest BCUT2D eigenvalue weighted by Gasteiger charge is 2.07. The molecule has 2 aromatic rings. The molecule has 0 saturated heterocycles. The Balaban J connectivity index is 2.13. The molecule has 108 valence electrons. The van der Waals surface area contributed by atoms with E-state index in [1.807, 2.05) is 0 Å². The van der Waals surface area contributed by atoms with Crippen LogP contribution in [0.2, 0.25) is 10.0 Å². The van der Waals surface area contributed by atoms with Gasteiger partial charge in [-0.05, 0) is 36.4 Å². The number of carbonyl (C=O) groups is 1. The molecule has 2 rings (SSSR count). The van der Waals surface area contributed by atoms with Crippen LogP contribution < -0.4 is 5.32 Å². The van der Waals surface area contributed by atoms with Gasteiger partial charge >= 0.3 is 0 Å². The molecule has 0 radical (unpaired) electrons. The van der Waals surface area contributed by atoms with Gasteiger partial charge in [-0.1, -0.05) is 29.3 Å². The lowest BCUT2D eigenvalue weighted by atomic mass is 10.2. The molecule has 2 aromatic carbocycles. The second-order valence-corrected chi connectivity index (χ2v) is 4.93. The zero-order valence-electron chi connectivity index (χ0n) is 10.5. The standard InChI is InChI=1S/C15H9Cl2F2NO/c16-9-4-6-14(13(19)8-9)20-15(21)7-5-10-11(17)2-1-3-12(10)18/h1-8H,(H,20,21)/b7-5+. The van der Waals surface area contributed by atoms with Gasteiger partial charge in [-0.2, -0.15) is 0 Å². The molecular weight excluding hydrogens is 319 g/mol. The maximum atomic E-state index is 13.5. The van der Waals surface area contributed by atoms with E-state index >= 15 is 0 Å². The Morgan fingerprint density at radius 1 is 1.10 bits per heavy atom. The van der Waals surface area contributed by atoms with Crippen LogP contribution in [0, 0.1) is 11.6 Å². The van der Waals surface area contributed by atoms with Crippen LogP contribution in [0.4, 0.5) is 14.5 Å². The predicted molar refractivity (Wildman–Crippen MR) is 80.5 cm³/mol. The maximum Gasteiger partial charge on any atom is 0.248 e. The second kappa shape index (κ2) is 6.70. The molecule has 1 amide bonds. The molecule has 0 aliphatic heterocycles. The number of anilines is 1. The van der Waals surface area contributed by atoms with Crippen molar-refractivity contribution < 1.29 is 13.6 Å². The van der Waals surface area contributed by atoms with Crippen molar-refractivity contribution in [1.29, 1.82) is 0 Å². The summed E-state index contributed by atoms with van der Waals surface area (Å²) in [4.78, 5) is 11.7. The fourth-order valence-corrected chi connectivity index (χ4v) is 1.98. The minimum Gasteiger partial charge on any atom is -0.320 e. The molecule has 21 heavy (non-hydrogen) atoms. The van der Waals surface area contributed by atoms with Gasteiger partial charge < -0.3 is 5.32 Å². The molecule has 0 saturated carbocycles. The van der Waals surface area contributed by atoms with E-state index in [1.54, 1.807) is 0 Å².